The number of hydrogen-bond acceptors (Lipinski definition) is 5. The van der Waals surface area contributed by atoms with E-state index >= 15 is 0 Å². The lowest BCUT2D eigenvalue weighted by Crippen LogP contribution is -2.22. The van der Waals surface area contributed by atoms with Crippen LogP contribution in [-0.2, 0) is 6.54 Å². The monoisotopic (exact) mass is 419 g/mol. The van der Waals surface area contributed by atoms with Crippen LogP contribution in [0.15, 0.2) is 46.9 Å². The molecule has 1 unspecified atom stereocenters. The molecule has 0 bridgehead atoms. The minimum Gasteiger partial charge on any atom is -0.484 e. The van der Waals surface area contributed by atoms with Gasteiger partial charge in [0.1, 0.15) is 5.75 Å². The third-order valence-corrected chi connectivity index (χ3v) is 4.81. The first-order chi connectivity index (χ1) is 14.1. The van der Waals surface area contributed by atoms with Crippen LogP contribution < -0.4 is 4.74 Å². The number of alkyl halides is 3. The Morgan fingerprint density at radius 1 is 1.07 bits per heavy atom. The van der Waals surface area contributed by atoms with Gasteiger partial charge in [-0.05, 0) is 56.6 Å². The van der Waals surface area contributed by atoms with E-state index in [1.165, 1.54) is 0 Å². The summed E-state index contributed by atoms with van der Waals surface area (Å²) < 4.78 is 48.2. The molecule has 3 aromatic rings. The van der Waals surface area contributed by atoms with Crippen LogP contribution in [0, 0.1) is 13.8 Å². The Kier molecular flexibility index (Phi) is 6.45. The van der Waals surface area contributed by atoms with Crippen LogP contribution in [-0.4, -0.2) is 34.9 Å². The largest absolute Gasteiger partial charge is 0.484 e. The molecule has 0 aliphatic carbocycles. The number of ether oxygens (including phenoxy) is 1. The van der Waals surface area contributed by atoms with Crippen LogP contribution in [0.5, 0.6) is 5.75 Å². The van der Waals surface area contributed by atoms with Gasteiger partial charge in [0.2, 0.25) is 11.8 Å². The van der Waals surface area contributed by atoms with Crippen LogP contribution in [0.1, 0.15) is 35.5 Å². The minimum atomic E-state index is -4.37. The van der Waals surface area contributed by atoms with E-state index in [1.54, 1.807) is 13.8 Å². The van der Waals surface area contributed by atoms with Gasteiger partial charge in [0, 0.05) is 12.1 Å². The van der Waals surface area contributed by atoms with E-state index in [9.17, 15) is 13.2 Å². The van der Waals surface area contributed by atoms with E-state index in [2.05, 4.69) is 10.2 Å². The van der Waals surface area contributed by atoms with E-state index in [4.69, 9.17) is 9.15 Å². The topological polar surface area (TPSA) is 51.4 Å². The second-order valence-electron chi connectivity index (χ2n) is 7.37. The highest BCUT2D eigenvalue weighted by Gasteiger charge is 2.29. The van der Waals surface area contributed by atoms with Crippen molar-refractivity contribution in [3.8, 4) is 17.2 Å². The third kappa shape index (κ3) is 5.38. The molecule has 0 fully saturated rings. The van der Waals surface area contributed by atoms with Crippen molar-refractivity contribution in [2.75, 3.05) is 13.7 Å². The maximum Gasteiger partial charge on any atom is 0.422 e. The molecule has 0 spiro atoms. The Morgan fingerprint density at radius 2 is 1.70 bits per heavy atom. The van der Waals surface area contributed by atoms with E-state index in [1.807, 2.05) is 61.3 Å². The normalized spacial score (nSPS) is 12.9. The molecule has 0 saturated heterocycles. The highest BCUT2D eigenvalue weighted by Crippen LogP contribution is 2.29. The predicted octanol–water partition coefficient (Wildman–Crippen LogP) is 5.49. The molecular formula is C22H24F3N3O2. The number of aromatic nitrogens is 2. The summed E-state index contributed by atoms with van der Waals surface area (Å²) in [6.07, 6.45) is -4.37. The van der Waals surface area contributed by atoms with Crippen molar-refractivity contribution >= 4 is 0 Å². The fourth-order valence-corrected chi connectivity index (χ4v) is 3.23. The first-order valence-electron chi connectivity index (χ1n) is 9.53. The highest BCUT2D eigenvalue weighted by molar-refractivity contribution is 5.51. The van der Waals surface area contributed by atoms with Crippen LogP contribution in [0.2, 0.25) is 0 Å². The second-order valence-corrected chi connectivity index (χ2v) is 7.37. The zero-order valence-corrected chi connectivity index (χ0v) is 17.3. The smallest absolute Gasteiger partial charge is 0.422 e. The van der Waals surface area contributed by atoms with Gasteiger partial charge in [-0.1, -0.05) is 30.3 Å². The lowest BCUT2D eigenvalue weighted by atomic mass is 10.0. The summed E-state index contributed by atoms with van der Waals surface area (Å²) in [5, 5.41) is 8.29. The molecule has 1 aromatic heterocycles. The first-order valence-corrected chi connectivity index (χ1v) is 9.53. The van der Waals surface area contributed by atoms with Crippen LogP contribution >= 0.6 is 0 Å². The Morgan fingerprint density at radius 3 is 2.30 bits per heavy atom. The standard InChI is InChI=1S/C22H24F3N3O2/c1-14-10-17(11-15(2)19(14)29-13-22(23,24)25)12-28(4)16(3)20-26-27-21(30-20)18-8-6-5-7-9-18/h5-11,16H,12-13H2,1-4H3. The first kappa shape index (κ1) is 21.8. The molecule has 0 radical (unpaired) electrons. The fourth-order valence-electron chi connectivity index (χ4n) is 3.23. The van der Waals surface area contributed by atoms with Crippen molar-refractivity contribution < 1.29 is 22.3 Å². The van der Waals surface area contributed by atoms with E-state index < -0.39 is 12.8 Å². The Balaban J connectivity index is 1.69. The lowest BCUT2D eigenvalue weighted by Gasteiger charge is -2.23. The van der Waals surface area contributed by atoms with Gasteiger partial charge >= 0.3 is 6.18 Å². The van der Waals surface area contributed by atoms with E-state index in [0.717, 1.165) is 11.1 Å². The zero-order valence-electron chi connectivity index (χ0n) is 17.3. The van der Waals surface area contributed by atoms with Gasteiger partial charge in [-0.15, -0.1) is 10.2 Å². The molecule has 0 N–H and O–H groups in total. The van der Waals surface area contributed by atoms with Gasteiger partial charge in [0.15, 0.2) is 6.61 Å². The molecule has 0 amide bonds. The molecule has 8 heteroatoms. The SMILES string of the molecule is Cc1cc(CN(C)C(C)c2nnc(-c3ccccc3)o2)cc(C)c1OCC(F)(F)F. The molecule has 30 heavy (non-hydrogen) atoms. The summed E-state index contributed by atoms with van der Waals surface area (Å²) in [4.78, 5) is 2.03. The number of halogens is 3. The maximum absolute atomic E-state index is 12.5. The molecule has 0 aliphatic heterocycles. The van der Waals surface area contributed by atoms with Crippen LogP contribution in [0.25, 0.3) is 11.5 Å². The zero-order chi connectivity index (χ0) is 21.9. The van der Waals surface area contributed by atoms with Gasteiger partial charge in [0.25, 0.3) is 0 Å². The summed E-state index contributed by atoms with van der Waals surface area (Å²) in [5.41, 5.74) is 3.15. The number of rotatable bonds is 7. The number of nitrogens with zero attached hydrogens (tertiary/aromatic N) is 3. The fraction of sp³-hybridized carbons (Fsp3) is 0.364. The van der Waals surface area contributed by atoms with Gasteiger partial charge in [-0.2, -0.15) is 13.2 Å². The van der Waals surface area contributed by atoms with Crippen molar-refractivity contribution in [1.82, 2.24) is 15.1 Å². The Hall–Kier alpha value is -2.87. The predicted molar refractivity (Wildman–Crippen MR) is 107 cm³/mol. The van der Waals surface area contributed by atoms with E-state index in [-0.39, 0.29) is 11.8 Å². The van der Waals surface area contributed by atoms with Crippen molar-refractivity contribution in [2.45, 2.75) is 39.5 Å². The molecular weight excluding hydrogens is 395 g/mol. The summed E-state index contributed by atoms with van der Waals surface area (Å²) in [7, 11) is 1.93. The van der Waals surface area contributed by atoms with Gasteiger partial charge in [-0.25, -0.2) is 0 Å². The van der Waals surface area contributed by atoms with Crippen molar-refractivity contribution in [3.05, 3.63) is 65.0 Å². The van der Waals surface area contributed by atoms with Crippen molar-refractivity contribution in [1.29, 1.82) is 0 Å². The van der Waals surface area contributed by atoms with Crippen molar-refractivity contribution in [2.24, 2.45) is 0 Å². The molecule has 5 nitrogen and oxygen atoms in total. The molecule has 0 aliphatic rings. The van der Waals surface area contributed by atoms with Gasteiger partial charge in [0.05, 0.1) is 6.04 Å². The molecule has 1 heterocycles. The summed E-state index contributed by atoms with van der Waals surface area (Å²) in [6, 6.07) is 13.1. The number of hydrogen-bond donors (Lipinski definition) is 0. The maximum atomic E-state index is 12.5. The summed E-state index contributed by atoms with van der Waals surface area (Å²) in [6.45, 7) is 4.71. The average molecular weight is 419 g/mol. The van der Waals surface area contributed by atoms with Gasteiger partial charge < -0.3 is 9.15 Å². The van der Waals surface area contributed by atoms with E-state index in [0.29, 0.717) is 29.5 Å². The second kappa shape index (κ2) is 8.87. The minimum absolute atomic E-state index is 0.142. The molecule has 1 atom stereocenters. The quantitative estimate of drug-likeness (QED) is 0.507. The molecule has 2 aromatic carbocycles. The third-order valence-electron chi connectivity index (χ3n) is 4.81. The number of benzene rings is 2. The van der Waals surface area contributed by atoms with Gasteiger partial charge in [-0.3, -0.25) is 4.90 Å². The lowest BCUT2D eigenvalue weighted by molar-refractivity contribution is -0.153. The number of aryl methyl sites for hydroxylation is 2. The summed E-state index contributed by atoms with van der Waals surface area (Å²) in [5.74, 6) is 1.23. The molecule has 3 rings (SSSR count). The molecule has 0 saturated carbocycles. The Labute approximate surface area is 173 Å². The van der Waals surface area contributed by atoms with Crippen LogP contribution in [0.4, 0.5) is 13.2 Å². The Bertz CT molecular complexity index is 964. The molecule has 160 valence electrons. The average Bonchev–Trinajstić information content (AvgIpc) is 3.16. The summed E-state index contributed by atoms with van der Waals surface area (Å²) >= 11 is 0. The highest BCUT2D eigenvalue weighted by atomic mass is 19.4. The van der Waals surface area contributed by atoms with Crippen LogP contribution in [0.3, 0.4) is 0 Å². The van der Waals surface area contributed by atoms with Crippen molar-refractivity contribution in [3.63, 3.8) is 0 Å².